The molecule has 0 aliphatic rings. The largest absolute Gasteiger partial charge is 0.312 e. The smallest absolute Gasteiger partial charge is 0.161 e. The fourth-order valence-electron chi connectivity index (χ4n) is 1.67. The minimum Gasteiger partial charge on any atom is -0.312 e. The molecule has 0 aliphatic heterocycles. The van der Waals surface area contributed by atoms with Crippen molar-refractivity contribution in [2.24, 2.45) is 0 Å². The van der Waals surface area contributed by atoms with Gasteiger partial charge in [0.2, 0.25) is 0 Å². The molecule has 0 saturated carbocycles. The molecule has 2 atom stereocenters. The molecular weight excluding hydrogens is 267 g/mol. The first-order chi connectivity index (χ1) is 8.18. The van der Waals surface area contributed by atoms with E-state index in [4.69, 9.17) is 0 Å². The summed E-state index contributed by atoms with van der Waals surface area (Å²) in [5.74, 6) is -3.51. The average Bonchev–Trinajstić information content (AvgIpc) is 2.24. The van der Waals surface area contributed by atoms with Gasteiger partial charge in [-0.15, -0.1) is 0 Å². The first kappa shape index (κ1) is 15.0. The first-order valence-corrected chi connectivity index (χ1v) is 7.14. The normalized spacial score (nSPS) is 15.4. The van der Waals surface area contributed by atoms with Gasteiger partial charge in [-0.3, -0.25) is 0 Å². The van der Waals surface area contributed by atoms with Gasteiger partial charge in [0.05, 0.1) is 11.3 Å². The van der Waals surface area contributed by atoms with Gasteiger partial charge in [0, 0.05) is 17.9 Å². The van der Waals surface area contributed by atoms with Gasteiger partial charge in [0.15, 0.2) is 21.5 Å². The molecule has 1 aromatic rings. The number of sulfone groups is 1. The van der Waals surface area contributed by atoms with Crippen LogP contribution in [0, 0.1) is 17.5 Å². The van der Waals surface area contributed by atoms with Gasteiger partial charge in [0.25, 0.3) is 0 Å². The number of hydrogen-bond acceptors (Lipinski definition) is 3. The molecule has 7 heteroatoms. The third-order valence-electron chi connectivity index (χ3n) is 2.83. The van der Waals surface area contributed by atoms with Crippen LogP contribution in [0.3, 0.4) is 0 Å². The minimum atomic E-state index is -3.45. The van der Waals surface area contributed by atoms with Crippen molar-refractivity contribution in [3.05, 3.63) is 35.1 Å². The molecule has 0 aromatic heterocycles. The summed E-state index contributed by atoms with van der Waals surface area (Å²) >= 11 is 0. The van der Waals surface area contributed by atoms with Crippen LogP contribution in [0.2, 0.25) is 0 Å². The van der Waals surface area contributed by atoms with Crippen LogP contribution in [-0.4, -0.2) is 27.0 Å². The van der Waals surface area contributed by atoms with Crippen LogP contribution < -0.4 is 5.32 Å². The Morgan fingerprint density at radius 2 is 1.61 bits per heavy atom. The van der Waals surface area contributed by atoms with Crippen LogP contribution >= 0.6 is 0 Å². The summed E-state index contributed by atoms with van der Waals surface area (Å²) < 4.78 is 62.4. The Balaban J connectivity index is 3.30. The molecular formula is C11H14F3NO2S. The highest BCUT2D eigenvalue weighted by Crippen LogP contribution is 2.25. The number of benzene rings is 1. The Morgan fingerprint density at radius 1 is 1.11 bits per heavy atom. The molecule has 1 rings (SSSR count). The monoisotopic (exact) mass is 281 g/mol. The van der Waals surface area contributed by atoms with Crippen molar-refractivity contribution in [2.45, 2.75) is 18.2 Å². The molecule has 0 amide bonds. The Kier molecular flexibility index (Phi) is 4.39. The van der Waals surface area contributed by atoms with Gasteiger partial charge in [0.1, 0.15) is 5.82 Å². The molecule has 102 valence electrons. The number of hydrogen-bond donors (Lipinski definition) is 1. The summed E-state index contributed by atoms with van der Waals surface area (Å²) in [6.07, 6.45) is 1.000. The van der Waals surface area contributed by atoms with E-state index in [9.17, 15) is 21.6 Å². The molecule has 0 aliphatic carbocycles. The van der Waals surface area contributed by atoms with Crippen molar-refractivity contribution in [3.8, 4) is 0 Å². The Hall–Kier alpha value is -1.08. The molecule has 0 fully saturated rings. The lowest BCUT2D eigenvalue weighted by Gasteiger charge is -2.23. The first-order valence-electron chi connectivity index (χ1n) is 5.19. The summed E-state index contributed by atoms with van der Waals surface area (Å²) in [4.78, 5) is 0. The second-order valence-electron chi connectivity index (χ2n) is 4.09. The van der Waals surface area contributed by atoms with Crippen LogP contribution in [0.1, 0.15) is 18.5 Å². The molecule has 2 unspecified atom stereocenters. The summed E-state index contributed by atoms with van der Waals surface area (Å²) in [6, 6.07) is 0.132. The van der Waals surface area contributed by atoms with Crippen LogP contribution in [0.4, 0.5) is 13.2 Å². The van der Waals surface area contributed by atoms with E-state index < -0.39 is 38.6 Å². The fraction of sp³-hybridized carbons (Fsp3) is 0.455. The van der Waals surface area contributed by atoms with E-state index in [2.05, 4.69) is 5.32 Å². The number of halogens is 3. The number of rotatable bonds is 4. The van der Waals surface area contributed by atoms with Gasteiger partial charge in [-0.05, 0) is 20.0 Å². The van der Waals surface area contributed by atoms with E-state index in [1.54, 1.807) is 0 Å². The predicted molar refractivity (Wildman–Crippen MR) is 62.4 cm³/mol. The molecule has 1 aromatic carbocycles. The Labute approximate surface area is 104 Å². The third-order valence-corrected chi connectivity index (χ3v) is 4.45. The highest BCUT2D eigenvalue weighted by molar-refractivity contribution is 7.91. The summed E-state index contributed by atoms with van der Waals surface area (Å²) in [6.45, 7) is 1.37. The van der Waals surface area contributed by atoms with Gasteiger partial charge >= 0.3 is 0 Å². The van der Waals surface area contributed by atoms with Crippen LogP contribution in [-0.2, 0) is 9.84 Å². The van der Waals surface area contributed by atoms with Crippen LogP contribution in [0.25, 0.3) is 0 Å². The predicted octanol–water partition coefficient (Wildman–Crippen LogP) is 1.80. The van der Waals surface area contributed by atoms with E-state index in [-0.39, 0.29) is 5.56 Å². The van der Waals surface area contributed by atoms with Crippen LogP contribution in [0.5, 0.6) is 0 Å². The summed E-state index contributed by atoms with van der Waals surface area (Å²) in [7, 11) is -2.02. The van der Waals surface area contributed by atoms with Crippen molar-refractivity contribution in [1.82, 2.24) is 5.32 Å². The Morgan fingerprint density at radius 3 is 2.06 bits per heavy atom. The van der Waals surface area contributed by atoms with Crippen LogP contribution in [0.15, 0.2) is 12.1 Å². The maximum atomic E-state index is 13.6. The Bertz CT molecular complexity index is 545. The second kappa shape index (κ2) is 5.27. The molecule has 0 heterocycles. The van der Waals surface area contributed by atoms with Gasteiger partial charge in [-0.1, -0.05) is 0 Å². The lowest BCUT2D eigenvalue weighted by molar-refractivity contribution is 0.469. The van der Waals surface area contributed by atoms with Gasteiger partial charge in [-0.25, -0.2) is 21.6 Å². The highest BCUT2D eigenvalue weighted by Gasteiger charge is 2.29. The maximum Gasteiger partial charge on any atom is 0.161 e. The maximum absolute atomic E-state index is 13.6. The zero-order valence-corrected chi connectivity index (χ0v) is 11.0. The molecule has 1 N–H and O–H groups in total. The average molecular weight is 281 g/mol. The highest BCUT2D eigenvalue weighted by atomic mass is 32.2. The van der Waals surface area contributed by atoms with E-state index >= 15 is 0 Å². The lowest BCUT2D eigenvalue weighted by atomic mass is 10.0. The SMILES string of the molecule is CNC(c1cc(F)c(F)cc1F)C(C)S(C)(=O)=O. The van der Waals surface area contributed by atoms with E-state index in [1.165, 1.54) is 14.0 Å². The zero-order valence-electron chi connectivity index (χ0n) is 10.2. The lowest BCUT2D eigenvalue weighted by Crippen LogP contribution is -2.33. The van der Waals surface area contributed by atoms with E-state index in [0.717, 1.165) is 6.26 Å². The van der Waals surface area contributed by atoms with E-state index in [1.807, 2.05) is 0 Å². The van der Waals surface area contributed by atoms with Crippen molar-refractivity contribution < 1.29 is 21.6 Å². The third kappa shape index (κ3) is 3.02. The summed E-state index contributed by atoms with van der Waals surface area (Å²) in [5.41, 5.74) is -0.214. The molecule has 3 nitrogen and oxygen atoms in total. The second-order valence-corrected chi connectivity index (χ2v) is 6.49. The topological polar surface area (TPSA) is 46.2 Å². The van der Waals surface area contributed by atoms with Gasteiger partial charge in [-0.2, -0.15) is 0 Å². The van der Waals surface area contributed by atoms with Crippen molar-refractivity contribution in [3.63, 3.8) is 0 Å². The molecule has 0 radical (unpaired) electrons. The van der Waals surface area contributed by atoms with E-state index in [0.29, 0.717) is 12.1 Å². The molecule has 0 spiro atoms. The van der Waals surface area contributed by atoms with Gasteiger partial charge < -0.3 is 5.32 Å². The fourth-order valence-corrected chi connectivity index (χ4v) is 2.44. The standard InChI is InChI=1S/C11H14F3NO2S/c1-6(18(3,16)17)11(15-2)7-4-9(13)10(14)5-8(7)12/h4-6,11,15H,1-3H3. The number of nitrogens with one attached hydrogen (secondary N) is 1. The molecule has 0 bridgehead atoms. The zero-order chi connectivity index (χ0) is 14.1. The molecule has 0 saturated heterocycles. The van der Waals surface area contributed by atoms with Crippen molar-refractivity contribution in [1.29, 1.82) is 0 Å². The molecule has 18 heavy (non-hydrogen) atoms. The van der Waals surface area contributed by atoms with Crippen molar-refractivity contribution >= 4 is 9.84 Å². The summed E-state index contributed by atoms with van der Waals surface area (Å²) in [5, 5.41) is 1.63. The van der Waals surface area contributed by atoms with Crippen molar-refractivity contribution in [2.75, 3.05) is 13.3 Å². The minimum absolute atomic E-state index is 0.214. The quantitative estimate of drug-likeness (QED) is 0.856.